The number of halogens is 1. The monoisotopic (exact) mass is 561 g/mol. The highest BCUT2D eigenvalue weighted by atomic mass is 127. The van der Waals surface area contributed by atoms with E-state index in [1.165, 1.54) is 0 Å². The van der Waals surface area contributed by atoms with Crippen LogP contribution in [0.3, 0.4) is 0 Å². The molecule has 0 atom stereocenters. The molecule has 0 aromatic heterocycles. The number of benzene rings is 3. The Kier molecular flexibility index (Phi) is 8.81. The molecular formula is C23H20IN3O4S. The van der Waals surface area contributed by atoms with Gasteiger partial charge in [0.05, 0.1) is 11.1 Å². The number of ether oxygens (including phenoxy) is 2. The van der Waals surface area contributed by atoms with Gasteiger partial charge < -0.3 is 9.47 Å². The summed E-state index contributed by atoms with van der Waals surface area (Å²) in [7, 11) is 0. The van der Waals surface area contributed by atoms with Gasteiger partial charge in [-0.05, 0) is 71.2 Å². The van der Waals surface area contributed by atoms with Crippen LogP contribution in [-0.2, 0) is 0 Å². The van der Waals surface area contributed by atoms with E-state index in [9.17, 15) is 9.59 Å². The predicted molar refractivity (Wildman–Crippen MR) is 134 cm³/mol. The highest BCUT2D eigenvalue weighted by Gasteiger charge is 2.15. The van der Waals surface area contributed by atoms with Crippen LogP contribution in [0.4, 0.5) is 0 Å². The van der Waals surface area contributed by atoms with E-state index in [0.717, 1.165) is 9.32 Å². The fourth-order valence-corrected chi connectivity index (χ4v) is 3.41. The first-order valence-corrected chi connectivity index (χ1v) is 11.1. The van der Waals surface area contributed by atoms with Crippen molar-refractivity contribution in [1.82, 2.24) is 16.2 Å². The number of para-hydroxylation sites is 2. The molecule has 3 N–H and O–H groups in total. The Morgan fingerprint density at radius 1 is 0.750 bits per heavy atom. The molecule has 2 amide bonds. The zero-order chi connectivity index (χ0) is 22.8. The summed E-state index contributed by atoms with van der Waals surface area (Å²) in [6, 6.07) is 23.3. The number of rotatable bonds is 7. The van der Waals surface area contributed by atoms with Crippen molar-refractivity contribution in [1.29, 1.82) is 0 Å². The molecule has 0 heterocycles. The number of amides is 2. The van der Waals surface area contributed by atoms with Gasteiger partial charge in [-0.25, -0.2) is 0 Å². The van der Waals surface area contributed by atoms with Gasteiger partial charge in [-0.15, -0.1) is 0 Å². The molecule has 9 heteroatoms. The van der Waals surface area contributed by atoms with Crippen LogP contribution in [0.5, 0.6) is 11.5 Å². The van der Waals surface area contributed by atoms with Gasteiger partial charge in [0.2, 0.25) is 0 Å². The Balaban J connectivity index is 1.49. The third-order valence-corrected chi connectivity index (χ3v) is 5.26. The lowest BCUT2D eigenvalue weighted by Crippen LogP contribution is -2.48. The Labute approximate surface area is 204 Å². The average Bonchev–Trinajstić information content (AvgIpc) is 2.81. The van der Waals surface area contributed by atoms with E-state index in [4.69, 9.17) is 21.7 Å². The summed E-state index contributed by atoms with van der Waals surface area (Å²) in [5, 5.41) is 2.48. The molecule has 3 aromatic carbocycles. The second-order valence-electron chi connectivity index (χ2n) is 6.35. The summed E-state index contributed by atoms with van der Waals surface area (Å²) in [6.07, 6.45) is 0. The SMILES string of the molecule is O=C(NNC(=S)NC(=O)c1ccccc1OCCOc1ccccc1)c1ccccc1I. The van der Waals surface area contributed by atoms with E-state index < -0.39 is 5.91 Å². The molecule has 0 saturated heterocycles. The number of nitrogens with one attached hydrogen (secondary N) is 3. The van der Waals surface area contributed by atoms with E-state index in [0.29, 0.717) is 23.5 Å². The first-order valence-electron chi connectivity index (χ1n) is 9.60. The third kappa shape index (κ3) is 6.92. The largest absolute Gasteiger partial charge is 0.490 e. The van der Waals surface area contributed by atoms with Crippen molar-refractivity contribution in [3.63, 3.8) is 0 Å². The predicted octanol–water partition coefficient (Wildman–Crippen LogP) is 3.70. The molecule has 0 bridgehead atoms. The summed E-state index contributed by atoms with van der Waals surface area (Å²) < 4.78 is 12.1. The van der Waals surface area contributed by atoms with E-state index in [-0.39, 0.29) is 17.6 Å². The zero-order valence-electron chi connectivity index (χ0n) is 16.8. The van der Waals surface area contributed by atoms with Crippen LogP contribution in [0.15, 0.2) is 78.9 Å². The standard InChI is InChI=1S/C23H20IN3O4S/c24-19-12-6-4-10-17(19)22(29)26-27-23(32)25-21(28)18-11-5-7-13-20(18)31-15-14-30-16-8-2-1-3-9-16/h1-13H,14-15H2,(H,26,29)(H2,25,27,28,32). The van der Waals surface area contributed by atoms with Gasteiger partial charge in [-0.3, -0.25) is 25.8 Å². The second-order valence-corrected chi connectivity index (χ2v) is 7.92. The molecule has 32 heavy (non-hydrogen) atoms. The van der Waals surface area contributed by atoms with E-state index in [1.807, 2.05) is 42.5 Å². The molecule has 0 spiro atoms. The normalized spacial score (nSPS) is 10.0. The van der Waals surface area contributed by atoms with Gasteiger partial charge in [0, 0.05) is 3.57 Å². The molecule has 0 fully saturated rings. The highest BCUT2D eigenvalue weighted by Crippen LogP contribution is 2.18. The Bertz CT molecular complexity index is 1100. The quantitative estimate of drug-likeness (QED) is 0.177. The summed E-state index contributed by atoms with van der Waals surface area (Å²) in [5.74, 6) is 0.303. The topological polar surface area (TPSA) is 88.7 Å². The molecule has 7 nitrogen and oxygen atoms in total. The Morgan fingerprint density at radius 2 is 1.38 bits per heavy atom. The fourth-order valence-electron chi connectivity index (χ4n) is 2.64. The lowest BCUT2D eigenvalue weighted by atomic mass is 10.2. The van der Waals surface area contributed by atoms with Crippen molar-refractivity contribution in [2.75, 3.05) is 13.2 Å². The van der Waals surface area contributed by atoms with Crippen LogP contribution in [0, 0.1) is 3.57 Å². The van der Waals surface area contributed by atoms with Gasteiger partial charge in [0.1, 0.15) is 24.7 Å². The third-order valence-electron chi connectivity index (χ3n) is 4.12. The minimum atomic E-state index is -0.467. The van der Waals surface area contributed by atoms with Crippen molar-refractivity contribution in [3.05, 3.63) is 93.6 Å². The maximum atomic E-state index is 12.6. The maximum absolute atomic E-state index is 12.6. The number of carbonyl (C=O) groups excluding carboxylic acids is 2. The number of hydrogen-bond donors (Lipinski definition) is 3. The van der Waals surface area contributed by atoms with Crippen molar-refractivity contribution in [2.24, 2.45) is 0 Å². The summed E-state index contributed by atoms with van der Waals surface area (Å²) in [4.78, 5) is 24.9. The van der Waals surface area contributed by atoms with Gasteiger partial charge in [0.15, 0.2) is 5.11 Å². The molecule has 164 valence electrons. The van der Waals surface area contributed by atoms with Crippen LogP contribution >= 0.6 is 34.8 Å². The van der Waals surface area contributed by atoms with Gasteiger partial charge in [-0.2, -0.15) is 0 Å². The lowest BCUT2D eigenvalue weighted by Gasteiger charge is -2.14. The zero-order valence-corrected chi connectivity index (χ0v) is 19.8. The molecule has 0 saturated carbocycles. The van der Waals surface area contributed by atoms with Crippen molar-refractivity contribution >= 4 is 51.7 Å². The Hall–Kier alpha value is -3.18. The van der Waals surface area contributed by atoms with Crippen LogP contribution in [0.2, 0.25) is 0 Å². The average molecular weight is 561 g/mol. The van der Waals surface area contributed by atoms with Gasteiger partial charge >= 0.3 is 0 Å². The fraction of sp³-hybridized carbons (Fsp3) is 0.0870. The minimum absolute atomic E-state index is 0.0449. The van der Waals surface area contributed by atoms with Gasteiger partial charge in [-0.1, -0.05) is 42.5 Å². The van der Waals surface area contributed by atoms with Crippen LogP contribution in [-0.4, -0.2) is 30.1 Å². The molecule has 3 rings (SSSR count). The number of thiocarbonyl (C=S) groups is 1. The van der Waals surface area contributed by atoms with Gasteiger partial charge in [0.25, 0.3) is 11.8 Å². The second kappa shape index (κ2) is 12.0. The first kappa shape index (κ1) is 23.5. The van der Waals surface area contributed by atoms with E-state index in [1.54, 1.807) is 36.4 Å². The molecule has 0 unspecified atom stereocenters. The molecule has 0 radical (unpaired) electrons. The molecule has 0 aliphatic carbocycles. The first-order chi connectivity index (χ1) is 15.5. The minimum Gasteiger partial charge on any atom is -0.490 e. The van der Waals surface area contributed by atoms with E-state index >= 15 is 0 Å². The molecule has 0 aliphatic heterocycles. The maximum Gasteiger partial charge on any atom is 0.270 e. The molecule has 3 aromatic rings. The number of carbonyl (C=O) groups is 2. The smallest absolute Gasteiger partial charge is 0.270 e. The van der Waals surface area contributed by atoms with Crippen molar-refractivity contribution in [3.8, 4) is 11.5 Å². The van der Waals surface area contributed by atoms with Crippen LogP contribution < -0.4 is 25.6 Å². The van der Waals surface area contributed by atoms with Crippen LogP contribution in [0.1, 0.15) is 20.7 Å². The summed E-state index contributed by atoms with van der Waals surface area (Å²) >= 11 is 7.18. The molecule has 0 aliphatic rings. The summed E-state index contributed by atoms with van der Waals surface area (Å²) in [5.41, 5.74) is 5.80. The Morgan fingerprint density at radius 3 is 2.12 bits per heavy atom. The number of hydrazine groups is 1. The lowest BCUT2D eigenvalue weighted by molar-refractivity contribution is 0.0932. The summed E-state index contributed by atoms with van der Waals surface area (Å²) in [6.45, 7) is 0.581. The van der Waals surface area contributed by atoms with Crippen LogP contribution in [0.25, 0.3) is 0 Å². The van der Waals surface area contributed by atoms with Crippen molar-refractivity contribution in [2.45, 2.75) is 0 Å². The van der Waals surface area contributed by atoms with Crippen molar-refractivity contribution < 1.29 is 19.1 Å². The number of hydrogen-bond acceptors (Lipinski definition) is 5. The van der Waals surface area contributed by atoms with E-state index in [2.05, 4.69) is 38.8 Å². The highest BCUT2D eigenvalue weighted by molar-refractivity contribution is 14.1. The molecular weight excluding hydrogens is 541 g/mol.